The molecule has 2 atom stereocenters. The first kappa shape index (κ1) is 14.3. The van der Waals surface area contributed by atoms with E-state index < -0.39 is 0 Å². The molecule has 0 spiro atoms. The minimum Gasteiger partial charge on any atom is -0.468 e. The molecule has 2 aromatic heterocycles. The van der Waals surface area contributed by atoms with Gasteiger partial charge >= 0.3 is 0 Å². The molecule has 5 heteroatoms. The fraction of sp³-hybridized carbons (Fsp3) is 0.312. The number of nitrogens with zero attached hydrogens (tertiary/aromatic N) is 1. The summed E-state index contributed by atoms with van der Waals surface area (Å²) in [5.74, 6) is 0.758. The van der Waals surface area contributed by atoms with Crippen molar-refractivity contribution in [1.29, 1.82) is 0 Å². The van der Waals surface area contributed by atoms with E-state index in [0.717, 1.165) is 22.7 Å². The van der Waals surface area contributed by atoms with Gasteiger partial charge in [-0.25, -0.2) is 4.98 Å². The van der Waals surface area contributed by atoms with Gasteiger partial charge in [0.2, 0.25) is 0 Å². The number of benzene rings is 1. The topological polar surface area (TPSA) is 58.3 Å². The van der Waals surface area contributed by atoms with Gasteiger partial charge in [-0.3, -0.25) is 0 Å². The van der Waals surface area contributed by atoms with Crippen LogP contribution in [0.15, 0.2) is 47.1 Å². The maximum absolute atomic E-state index is 9.49. The molecule has 0 saturated heterocycles. The summed E-state index contributed by atoms with van der Waals surface area (Å²) in [6, 6.07) is 11.9. The van der Waals surface area contributed by atoms with Crippen LogP contribution in [0.3, 0.4) is 0 Å². The second-order valence-electron chi connectivity index (χ2n) is 5.10. The Balaban J connectivity index is 1.66. The summed E-state index contributed by atoms with van der Waals surface area (Å²) in [6.45, 7) is 2.11. The first-order chi connectivity index (χ1) is 10.3. The quantitative estimate of drug-likeness (QED) is 0.734. The van der Waals surface area contributed by atoms with E-state index in [1.54, 1.807) is 17.6 Å². The van der Waals surface area contributed by atoms with Crippen LogP contribution in [-0.2, 0) is 6.42 Å². The Kier molecular flexibility index (Phi) is 4.34. The molecule has 0 saturated carbocycles. The van der Waals surface area contributed by atoms with Crippen molar-refractivity contribution >= 4 is 21.6 Å². The van der Waals surface area contributed by atoms with Crippen LogP contribution in [0, 0.1) is 0 Å². The van der Waals surface area contributed by atoms with Gasteiger partial charge in [0, 0.05) is 12.5 Å². The Morgan fingerprint density at radius 2 is 2.14 bits per heavy atom. The predicted octanol–water partition coefficient (Wildman–Crippen LogP) is 3.14. The number of aliphatic hydroxyl groups is 1. The molecule has 0 aliphatic rings. The van der Waals surface area contributed by atoms with Crippen molar-refractivity contribution in [2.24, 2.45) is 0 Å². The minimum absolute atomic E-state index is 0.0116. The summed E-state index contributed by atoms with van der Waals surface area (Å²) in [7, 11) is 0. The van der Waals surface area contributed by atoms with Gasteiger partial charge in [-0.1, -0.05) is 12.1 Å². The molecule has 1 aromatic carbocycles. The second kappa shape index (κ2) is 6.39. The molecule has 21 heavy (non-hydrogen) atoms. The minimum atomic E-state index is -0.177. The fourth-order valence-electron chi connectivity index (χ4n) is 2.39. The van der Waals surface area contributed by atoms with Crippen molar-refractivity contribution in [3.05, 3.63) is 53.4 Å². The van der Waals surface area contributed by atoms with E-state index >= 15 is 0 Å². The lowest BCUT2D eigenvalue weighted by atomic mass is 10.1. The molecule has 0 fully saturated rings. The molecule has 110 valence electrons. The number of rotatable bonds is 6. The lowest BCUT2D eigenvalue weighted by Gasteiger charge is -2.19. The SMILES string of the molecule is CC(Cc1nc2ccccc2s1)NC(CO)c1ccco1. The number of thiazole rings is 1. The molecule has 3 rings (SSSR count). The molecule has 0 bridgehead atoms. The maximum Gasteiger partial charge on any atom is 0.123 e. The van der Waals surface area contributed by atoms with Gasteiger partial charge < -0.3 is 14.8 Å². The van der Waals surface area contributed by atoms with Crippen molar-refractivity contribution in [3.63, 3.8) is 0 Å². The molecule has 4 nitrogen and oxygen atoms in total. The monoisotopic (exact) mass is 302 g/mol. The number of aliphatic hydroxyl groups excluding tert-OH is 1. The Bertz CT molecular complexity index is 660. The van der Waals surface area contributed by atoms with Crippen LogP contribution in [0.1, 0.15) is 23.7 Å². The Morgan fingerprint density at radius 1 is 1.29 bits per heavy atom. The Labute approximate surface area is 127 Å². The van der Waals surface area contributed by atoms with Crippen molar-refractivity contribution in [3.8, 4) is 0 Å². The number of hydrogen-bond acceptors (Lipinski definition) is 5. The van der Waals surface area contributed by atoms with Gasteiger partial charge in [-0.2, -0.15) is 0 Å². The summed E-state index contributed by atoms with van der Waals surface area (Å²) in [4.78, 5) is 4.64. The van der Waals surface area contributed by atoms with E-state index in [4.69, 9.17) is 4.42 Å². The number of nitrogens with one attached hydrogen (secondary N) is 1. The highest BCUT2D eigenvalue weighted by molar-refractivity contribution is 7.18. The zero-order chi connectivity index (χ0) is 14.7. The van der Waals surface area contributed by atoms with Crippen LogP contribution in [0.4, 0.5) is 0 Å². The highest BCUT2D eigenvalue weighted by atomic mass is 32.1. The van der Waals surface area contributed by atoms with E-state index in [9.17, 15) is 5.11 Å². The summed E-state index contributed by atoms with van der Waals surface area (Å²) < 4.78 is 6.56. The van der Waals surface area contributed by atoms with Gasteiger partial charge in [0.1, 0.15) is 5.76 Å². The van der Waals surface area contributed by atoms with Gasteiger partial charge in [-0.05, 0) is 31.2 Å². The average molecular weight is 302 g/mol. The normalized spacial score (nSPS) is 14.4. The second-order valence-corrected chi connectivity index (χ2v) is 6.21. The van der Waals surface area contributed by atoms with Gasteiger partial charge in [0.15, 0.2) is 0 Å². The first-order valence-electron chi connectivity index (χ1n) is 7.01. The van der Waals surface area contributed by atoms with Crippen LogP contribution in [0.2, 0.25) is 0 Å². The zero-order valence-corrected chi connectivity index (χ0v) is 12.6. The van der Waals surface area contributed by atoms with Crippen molar-refractivity contribution in [2.75, 3.05) is 6.61 Å². The third kappa shape index (κ3) is 3.32. The van der Waals surface area contributed by atoms with Gasteiger partial charge in [0.05, 0.1) is 34.1 Å². The van der Waals surface area contributed by atoms with E-state index in [1.165, 1.54) is 4.70 Å². The maximum atomic E-state index is 9.49. The predicted molar refractivity (Wildman–Crippen MR) is 84.5 cm³/mol. The third-order valence-corrected chi connectivity index (χ3v) is 4.43. The van der Waals surface area contributed by atoms with E-state index in [0.29, 0.717) is 0 Å². The summed E-state index contributed by atoms with van der Waals surface area (Å²) in [5, 5.41) is 14.0. The average Bonchev–Trinajstić information content (AvgIpc) is 3.13. The smallest absolute Gasteiger partial charge is 0.123 e. The third-order valence-electron chi connectivity index (χ3n) is 3.37. The molecule has 0 amide bonds. The zero-order valence-electron chi connectivity index (χ0n) is 11.8. The van der Waals surface area contributed by atoms with Crippen molar-refractivity contribution in [2.45, 2.75) is 25.4 Å². The first-order valence-corrected chi connectivity index (χ1v) is 7.82. The molecule has 2 heterocycles. The highest BCUT2D eigenvalue weighted by Gasteiger charge is 2.17. The molecule has 2 N–H and O–H groups in total. The lowest BCUT2D eigenvalue weighted by molar-refractivity contribution is 0.216. The standard InChI is InChI=1S/C16H18N2O2S/c1-11(17-13(10-19)14-6-4-8-20-14)9-16-18-12-5-2-3-7-15(12)21-16/h2-8,11,13,17,19H,9-10H2,1H3. The summed E-state index contributed by atoms with van der Waals surface area (Å²) in [6.07, 6.45) is 2.45. The number of hydrogen-bond donors (Lipinski definition) is 2. The molecule has 2 unspecified atom stereocenters. The van der Waals surface area contributed by atoms with Crippen LogP contribution in [0.5, 0.6) is 0 Å². The van der Waals surface area contributed by atoms with Crippen LogP contribution in [-0.4, -0.2) is 22.7 Å². The van der Waals surface area contributed by atoms with Crippen LogP contribution in [0.25, 0.3) is 10.2 Å². The van der Waals surface area contributed by atoms with Gasteiger partial charge in [-0.15, -0.1) is 11.3 Å². The Morgan fingerprint density at radius 3 is 2.86 bits per heavy atom. The van der Waals surface area contributed by atoms with E-state index in [-0.39, 0.29) is 18.7 Å². The molecule has 3 aromatic rings. The Hall–Kier alpha value is -1.69. The molecule has 0 radical (unpaired) electrons. The van der Waals surface area contributed by atoms with E-state index in [2.05, 4.69) is 23.3 Å². The van der Waals surface area contributed by atoms with Crippen LogP contribution >= 0.6 is 11.3 Å². The highest BCUT2D eigenvalue weighted by Crippen LogP contribution is 2.23. The number of furan rings is 1. The molecular weight excluding hydrogens is 284 g/mol. The lowest BCUT2D eigenvalue weighted by Crippen LogP contribution is -2.33. The van der Waals surface area contributed by atoms with Crippen molar-refractivity contribution < 1.29 is 9.52 Å². The van der Waals surface area contributed by atoms with Crippen molar-refractivity contribution in [1.82, 2.24) is 10.3 Å². The molecule has 0 aliphatic carbocycles. The fourth-order valence-corrected chi connectivity index (χ4v) is 3.48. The molecular formula is C16H18N2O2S. The largest absolute Gasteiger partial charge is 0.468 e. The van der Waals surface area contributed by atoms with Crippen LogP contribution < -0.4 is 5.32 Å². The molecule has 0 aliphatic heterocycles. The summed E-state index contributed by atoms with van der Waals surface area (Å²) in [5.41, 5.74) is 1.05. The number of para-hydroxylation sites is 1. The van der Waals surface area contributed by atoms with E-state index in [1.807, 2.05) is 30.3 Å². The summed E-state index contributed by atoms with van der Waals surface area (Å²) >= 11 is 1.72. The number of aromatic nitrogens is 1. The van der Waals surface area contributed by atoms with Gasteiger partial charge in [0.25, 0.3) is 0 Å². The number of fused-ring (bicyclic) bond motifs is 1.